The number of hydrogen-bond acceptors (Lipinski definition) is 5. The third-order valence-electron chi connectivity index (χ3n) is 2.37. The minimum absolute atomic E-state index is 0.366. The quantitative estimate of drug-likeness (QED) is 0.738. The van der Waals surface area contributed by atoms with E-state index in [2.05, 4.69) is 20.2 Å². The highest BCUT2D eigenvalue weighted by Gasteiger charge is 2.18. The van der Waals surface area contributed by atoms with Gasteiger partial charge in [-0.3, -0.25) is 0 Å². The second-order valence-corrected chi connectivity index (χ2v) is 3.76. The summed E-state index contributed by atoms with van der Waals surface area (Å²) >= 11 is 5.68. The molecule has 0 fully saturated rings. The Hall–Kier alpha value is -1.53. The first-order chi connectivity index (χ1) is 7.84. The Kier molecular flexibility index (Phi) is 2.30. The number of rotatable bonds is 1. The van der Waals surface area contributed by atoms with Crippen LogP contribution in [0, 0.1) is 0 Å². The van der Waals surface area contributed by atoms with Gasteiger partial charge in [-0.2, -0.15) is 0 Å². The Morgan fingerprint density at radius 2 is 2.19 bits per heavy atom. The lowest BCUT2D eigenvalue weighted by Crippen LogP contribution is -2.17. The molecule has 0 radical (unpaired) electrons. The average molecular weight is 238 g/mol. The number of fused-ring (bicyclic) bond motifs is 1. The number of nitrogens with zero attached hydrogens (tertiary/aromatic N) is 5. The van der Waals surface area contributed by atoms with E-state index in [4.69, 9.17) is 16.3 Å². The summed E-state index contributed by atoms with van der Waals surface area (Å²) < 4.78 is 7.27. The van der Waals surface area contributed by atoms with Crippen LogP contribution in [-0.4, -0.2) is 31.3 Å². The predicted molar refractivity (Wildman–Crippen MR) is 55.7 cm³/mol. The van der Waals surface area contributed by atoms with E-state index in [1.54, 1.807) is 6.20 Å². The summed E-state index contributed by atoms with van der Waals surface area (Å²) in [6, 6.07) is 0. The Bertz CT molecular complexity index is 509. The minimum Gasteiger partial charge on any atom is -0.372 e. The summed E-state index contributed by atoms with van der Waals surface area (Å²) in [5.41, 5.74) is 0.671. The molecule has 3 heterocycles. The highest BCUT2D eigenvalue weighted by Crippen LogP contribution is 2.18. The molecule has 0 amide bonds. The maximum absolute atomic E-state index is 5.68. The molecule has 16 heavy (non-hydrogen) atoms. The molecular formula is C9H8ClN5O. The first-order valence-electron chi connectivity index (χ1n) is 4.82. The molecule has 0 unspecified atom stereocenters. The summed E-state index contributed by atoms with van der Waals surface area (Å²) in [5.74, 6) is 1.53. The molecule has 6 nitrogen and oxygen atoms in total. The van der Waals surface area contributed by atoms with Crippen LogP contribution in [0.15, 0.2) is 12.4 Å². The predicted octanol–water partition coefficient (Wildman–Crippen LogP) is 0.919. The van der Waals surface area contributed by atoms with E-state index in [0.29, 0.717) is 29.9 Å². The van der Waals surface area contributed by atoms with Crippen molar-refractivity contribution in [1.29, 1.82) is 0 Å². The molecule has 2 aromatic heterocycles. The van der Waals surface area contributed by atoms with Gasteiger partial charge in [0.15, 0.2) is 11.6 Å². The maximum atomic E-state index is 5.68. The van der Waals surface area contributed by atoms with Crippen molar-refractivity contribution in [2.75, 3.05) is 6.61 Å². The van der Waals surface area contributed by atoms with Crippen molar-refractivity contribution in [3.8, 4) is 11.5 Å². The van der Waals surface area contributed by atoms with Gasteiger partial charge >= 0.3 is 0 Å². The molecule has 3 rings (SSSR count). The second-order valence-electron chi connectivity index (χ2n) is 3.37. The van der Waals surface area contributed by atoms with Gasteiger partial charge in [0.25, 0.3) is 0 Å². The van der Waals surface area contributed by atoms with Crippen LogP contribution in [0.5, 0.6) is 0 Å². The van der Waals surface area contributed by atoms with Gasteiger partial charge in [0.05, 0.1) is 19.0 Å². The second kappa shape index (κ2) is 3.80. The fourth-order valence-electron chi connectivity index (χ4n) is 1.61. The van der Waals surface area contributed by atoms with E-state index in [-0.39, 0.29) is 0 Å². The Morgan fingerprint density at radius 3 is 3.00 bits per heavy atom. The molecule has 0 spiro atoms. The van der Waals surface area contributed by atoms with Gasteiger partial charge in [-0.05, 0) is 0 Å². The van der Waals surface area contributed by atoms with E-state index in [9.17, 15) is 0 Å². The largest absolute Gasteiger partial charge is 0.372 e. The van der Waals surface area contributed by atoms with Crippen molar-refractivity contribution in [2.45, 2.75) is 13.2 Å². The topological polar surface area (TPSA) is 65.7 Å². The van der Waals surface area contributed by atoms with Crippen molar-refractivity contribution >= 4 is 11.6 Å². The molecule has 2 aromatic rings. The zero-order chi connectivity index (χ0) is 11.0. The van der Waals surface area contributed by atoms with Gasteiger partial charge in [0.1, 0.15) is 17.5 Å². The first-order valence-corrected chi connectivity index (χ1v) is 5.20. The van der Waals surface area contributed by atoms with Gasteiger partial charge in [0.2, 0.25) is 0 Å². The summed E-state index contributed by atoms with van der Waals surface area (Å²) in [4.78, 5) is 8.14. The number of hydrogen-bond donors (Lipinski definition) is 0. The molecule has 1 aliphatic rings. The van der Waals surface area contributed by atoms with Gasteiger partial charge in [-0.1, -0.05) is 11.6 Å². The van der Waals surface area contributed by atoms with Crippen molar-refractivity contribution in [2.24, 2.45) is 0 Å². The molecule has 0 N–H and O–H groups in total. The van der Waals surface area contributed by atoms with Crippen LogP contribution in [0.3, 0.4) is 0 Å². The molecule has 0 bridgehead atoms. The number of ether oxygens (including phenoxy) is 1. The summed E-state index contributed by atoms with van der Waals surface area (Å²) in [7, 11) is 0. The molecular weight excluding hydrogens is 230 g/mol. The Labute approximate surface area is 96.3 Å². The smallest absolute Gasteiger partial charge is 0.184 e. The summed E-state index contributed by atoms with van der Waals surface area (Å²) in [5, 5.41) is 8.49. The monoisotopic (exact) mass is 237 g/mol. The van der Waals surface area contributed by atoms with Crippen LogP contribution >= 0.6 is 11.6 Å². The highest BCUT2D eigenvalue weighted by molar-refractivity contribution is 6.29. The molecule has 0 aromatic carbocycles. The number of halogens is 1. The SMILES string of the molecule is Clc1cnc(-c2nnc3n2CCOC3)cn1. The first kappa shape index (κ1) is 9.68. The van der Waals surface area contributed by atoms with Gasteiger partial charge in [-0.15, -0.1) is 10.2 Å². The lowest BCUT2D eigenvalue weighted by molar-refractivity contribution is 0.0820. The van der Waals surface area contributed by atoms with Gasteiger partial charge < -0.3 is 9.30 Å². The Morgan fingerprint density at radius 1 is 1.25 bits per heavy atom. The van der Waals surface area contributed by atoms with Crippen LogP contribution in [0.1, 0.15) is 5.82 Å². The van der Waals surface area contributed by atoms with E-state index in [0.717, 1.165) is 12.4 Å². The third-order valence-corrected chi connectivity index (χ3v) is 2.56. The maximum Gasteiger partial charge on any atom is 0.184 e. The molecule has 82 valence electrons. The van der Waals surface area contributed by atoms with Crippen molar-refractivity contribution < 1.29 is 4.74 Å². The van der Waals surface area contributed by atoms with Crippen LogP contribution in [0.2, 0.25) is 5.15 Å². The molecule has 0 saturated carbocycles. The van der Waals surface area contributed by atoms with Crippen LogP contribution in [0.4, 0.5) is 0 Å². The standard InChI is InChI=1S/C9H8ClN5O/c10-7-4-11-6(3-12-7)9-14-13-8-5-16-2-1-15(8)9/h3-4H,1-2,5H2. The fraction of sp³-hybridized carbons (Fsp3) is 0.333. The van der Waals surface area contributed by atoms with E-state index in [1.807, 2.05) is 4.57 Å². The van der Waals surface area contributed by atoms with E-state index < -0.39 is 0 Å². The molecule has 0 saturated heterocycles. The summed E-state index contributed by atoms with van der Waals surface area (Å²) in [6.45, 7) is 1.90. The zero-order valence-corrected chi connectivity index (χ0v) is 9.05. The van der Waals surface area contributed by atoms with Crippen LogP contribution in [-0.2, 0) is 17.9 Å². The molecule has 0 aliphatic carbocycles. The van der Waals surface area contributed by atoms with Crippen LogP contribution < -0.4 is 0 Å². The van der Waals surface area contributed by atoms with E-state index in [1.165, 1.54) is 6.20 Å². The fourth-order valence-corrected chi connectivity index (χ4v) is 1.71. The summed E-state index contributed by atoms with van der Waals surface area (Å²) in [6.07, 6.45) is 3.09. The number of aromatic nitrogens is 5. The van der Waals surface area contributed by atoms with Crippen molar-refractivity contribution in [3.63, 3.8) is 0 Å². The normalized spacial score (nSPS) is 14.8. The third kappa shape index (κ3) is 1.56. The zero-order valence-electron chi connectivity index (χ0n) is 8.30. The lowest BCUT2D eigenvalue weighted by atomic mass is 10.4. The van der Waals surface area contributed by atoms with E-state index >= 15 is 0 Å². The molecule has 1 aliphatic heterocycles. The average Bonchev–Trinajstić information content (AvgIpc) is 2.74. The van der Waals surface area contributed by atoms with Gasteiger partial charge in [-0.25, -0.2) is 9.97 Å². The Balaban J connectivity index is 2.06. The highest BCUT2D eigenvalue weighted by atomic mass is 35.5. The van der Waals surface area contributed by atoms with Crippen molar-refractivity contribution in [1.82, 2.24) is 24.7 Å². The van der Waals surface area contributed by atoms with Crippen molar-refractivity contribution in [3.05, 3.63) is 23.4 Å². The molecule has 0 atom stereocenters. The van der Waals surface area contributed by atoms with Crippen LogP contribution in [0.25, 0.3) is 11.5 Å². The lowest BCUT2D eigenvalue weighted by Gasteiger charge is -2.14. The van der Waals surface area contributed by atoms with Gasteiger partial charge in [0, 0.05) is 6.54 Å². The molecule has 7 heteroatoms. The minimum atomic E-state index is 0.366.